The summed E-state index contributed by atoms with van der Waals surface area (Å²) >= 11 is 5.89. The number of halogens is 2. The topological polar surface area (TPSA) is 49.3 Å². The Balaban J connectivity index is 2.46. The molecule has 98 valence electrons. The summed E-state index contributed by atoms with van der Waals surface area (Å²) in [5.74, 6) is -2.10. The van der Waals surface area contributed by atoms with Crippen LogP contribution in [0.3, 0.4) is 0 Å². The molecule has 0 aliphatic carbocycles. The summed E-state index contributed by atoms with van der Waals surface area (Å²) in [6.07, 6.45) is 0. The van der Waals surface area contributed by atoms with E-state index in [1.54, 1.807) is 18.2 Å². The van der Waals surface area contributed by atoms with Crippen molar-refractivity contribution in [1.82, 2.24) is 0 Å². The van der Waals surface area contributed by atoms with E-state index in [2.05, 4.69) is 5.32 Å². The van der Waals surface area contributed by atoms with E-state index in [9.17, 15) is 9.18 Å². The number of hydrogen-bond donors (Lipinski definition) is 2. The standard InChI is InChI=1S/C14H11ClFNO2/c1-8-5-6-9(15)7-12(8)17-11-4-2-3-10(16)13(11)14(18)19/h2-7,17H,1H3,(H,18,19). The van der Waals surface area contributed by atoms with Crippen LogP contribution in [0.25, 0.3) is 0 Å². The second kappa shape index (κ2) is 5.28. The molecule has 0 atom stereocenters. The zero-order valence-corrected chi connectivity index (χ0v) is 10.8. The number of anilines is 2. The number of nitrogens with one attached hydrogen (secondary N) is 1. The fraction of sp³-hybridized carbons (Fsp3) is 0.0714. The van der Waals surface area contributed by atoms with E-state index < -0.39 is 11.8 Å². The molecule has 3 nitrogen and oxygen atoms in total. The van der Waals surface area contributed by atoms with Gasteiger partial charge in [0.05, 0.1) is 5.69 Å². The highest BCUT2D eigenvalue weighted by Crippen LogP contribution is 2.27. The van der Waals surface area contributed by atoms with Crippen LogP contribution in [0.1, 0.15) is 15.9 Å². The number of carbonyl (C=O) groups is 1. The number of aryl methyl sites for hydroxylation is 1. The Hall–Kier alpha value is -2.07. The average molecular weight is 280 g/mol. The van der Waals surface area contributed by atoms with Gasteiger partial charge in [0.15, 0.2) is 0 Å². The number of rotatable bonds is 3. The fourth-order valence-corrected chi connectivity index (χ4v) is 1.89. The lowest BCUT2D eigenvalue weighted by molar-refractivity contribution is 0.0693. The van der Waals surface area contributed by atoms with Gasteiger partial charge in [-0.3, -0.25) is 0 Å². The first-order chi connectivity index (χ1) is 8.99. The molecule has 0 saturated carbocycles. The first-order valence-electron chi connectivity index (χ1n) is 5.54. The van der Waals surface area contributed by atoms with Gasteiger partial charge in [0.2, 0.25) is 0 Å². The van der Waals surface area contributed by atoms with Crippen LogP contribution in [-0.4, -0.2) is 11.1 Å². The van der Waals surface area contributed by atoms with Crippen LogP contribution in [0.2, 0.25) is 5.02 Å². The quantitative estimate of drug-likeness (QED) is 0.884. The maximum absolute atomic E-state index is 13.5. The van der Waals surface area contributed by atoms with Gasteiger partial charge in [-0.25, -0.2) is 9.18 Å². The molecule has 0 bridgehead atoms. The fourth-order valence-electron chi connectivity index (χ4n) is 1.72. The highest BCUT2D eigenvalue weighted by molar-refractivity contribution is 6.30. The molecule has 5 heteroatoms. The van der Waals surface area contributed by atoms with Crippen molar-refractivity contribution in [3.8, 4) is 0 Å². The van der Waals surface area contributed by atoms with Crippen LogP contribution >= 0.6 is 11.6 Å². The van der Waals surface area contributed by atoms with Gasteiger partial charge in [-0.1, -0.05) is 23.7 Å². The lowest BCUT2D eigenvalue weighted by atomic mass is 10.1. The molecule has 0 aliphatic rings. The van der Waals surface area contributed by atoms with E-state index in [1.807, 2.05) is 6.92 Å². The third-order valence-corrected chi connectivity index (χ3v) is 2.93. The molecule has 0 aliphatic heterocycles. The van der Waals surface area contributed by atoms with Crippen LogP contribution < -0.4 is 5.32 Å². The second-order valence-corrected chi connectivity index (χ2v) is 4.49. The second-order valence-electron chi connectivity index (χ2n) is 4.05. The smallest absolute Gasteiger partial charge is 0.340 e. The molecule has 0 radical (unpaired) electrons. The summed E-state index contributed by atoms with van der Waals surface area (Å²) in [7, 11) is 0. The summed E-state index contributed by atoms with van der Waals surface area (Å²) < 4.78 is 13.5. The summed E-state index contributed by atoms with van der Waals surface area (Å²) in [5, 5.41) is 12.5. The zero-order valence-electron chi connectivity index (χ0n) is 10.1. The summed E-state index contributed by atoms with van der Waals surface area (Å²) in [5.41, 5.74) is 1.32. The summed E-state index contributed by atoms with van der Waals surface area (Å²) in [6, 6.07) is 9.25. The van der Waals surface area contributed by atoms with Gasteiger partial charge in [0, 0.05) is 10.7 Å². The number of benzene rings is 2. The molecule has 2 N–H and O–H groups in total. The maximum Gasteiger partial charge on any atom is 0.340 e. The van der Waals surface area contributed by atoms with Gasteiger partial charge in [-0.2, -0.15) is 0 Å². The summed E-state index contributed by atoms with van der Waals surface area (Å²) in [6.45, 7) is 1.85. The van der Waals surface area contributed by atoms with E-state index in [0.717, 1.165) is 11.6 Å². The molecule has 2 aromatic rings. The monoisotopic (exact) mass is 279 g/mol. The van der Waals surface area contributed by atoms with Gasteiger partial charge in [0.25, 0.3) is 0 Å². The predicted molar refractivity (Wildman–Crippen MR) is 72.8 cm³/mol. The Kier molecular flexibility index (Phi) is 3.71. The molecular formula is C14H11ClFNO2. The Morgan fingerprint density at radius 3 is 2.68 bits per heavy atom. The van der Waals surface area contributed by atoms with E-state index in [4.69, 9.17) is 16.7 Å². The molecule has 0 unspecified atom stereocenters. The molecule has 0 fully saturated rings. The number of aromatic carboxylic acids is 1. The van der Waals surface area contributed by atoms with Crippen molar-refractivity contribution in [1.29, 1.82) is 0 Å². The van der Waals surface area contributed by atoms with Gasteiger partial charge in [-0.05, 0) is 36.8 Å². The van der Waals surface area contributed by atoms with E-state index in [-0.39, 0.29) is 11.3 Å². The van der Waals surface area contributed by atoms with Crippen LogP contribution in [0.5, 0.6) is 0 Å². The van der Waals surface area contributed by atoms with Crippen molar-refractivity contribution in [2.45, 2.75) is 6.92 Å². The van der Waals surface area contributed by atoms with E-state index in [0.29, 0.717) is 10.7 Å². The molecule has 2 rings (SSSR count). The third kappa shape index (κ3) is 2.85. The predicted octanol–water partition coefficient (Wildman–Crippen LogP) is 4.23. The first kappa shape index (κ1) is 13.4. The minimum atomic E-state index is -1.32. The molecule has 19 heavy (non-hydrogen) atoms. The SMILES string of the molecule is Cc1ccc(Cl)cc1Nc1cccc(F)c1C(=O)O. The lowest BCUT2D eigenvalue weighted by Gasteiger charge is -2.12. The molecule has 0 saturated heterocycles. The number of carboxylic acid groups (broad SMARTS) is 1. The Morgan fingerprint density at radius 2 is 2.00 bits per heavy atom. The molecule has 0 spiro atoms. The van der Waals surface area contributed by atoms with E-state index in [1.165, 1.54) is 12.1 Å². The molecule has 2 aromatic carbocycles. The maximum atomic E-state index is 13.5. The first-order valence-corrected chi connectivity index (χ1v) is 5.92. The lowest BCUT2D eigenvalue weighted by Crippen LogP contribution is -2.06. The molecular weight excluding hydrogens is 269 g/mol. The third-order valence-electron chi connectivity index (χ3n) is 2.70. The van der Waals surface area contributed by atoms with Gasteiger partial charge >= 0.3 is 5.97 Å². The largest absolute Gasteiger partial charge is 0.478 e. The highest BCUT2D eigenvalue weighted by atomic mass is 35.5. The normalized spacial score (nSPS) is 10.3. The van der Waals surface area contributed by atoms with Gasteiger partial charge < -0.3 is 10.4 Å². The minimum Gasteiger partial charge on any atom is -0.478 e. The highest BCUT2D eigenvalue weighted by Gasteiger charge is 2.16. The Bertz CT molecular complexity index is 643. The minimum absolute atomic E-state index is 0.192. The zero-order chi connectivity index (χ0) is 14.0. The number of carboxylic acids is 1. The number of hydrogen-bond acceptors (Lipinski definition) is 2. The van der Waals surface area contributed by atoms with Crippen molar-refractivity contribution in [3.05, 3.63) is 58.4 Å². The van der Waals surface area contributed by atoms with E-state index >= 15 is 0 Å². The molecule has 0 aromatic heterocycles. The summed E-state index contributed by atoms with van der Waals surface area (Å²) in [4.78, 5) is 11.1. The van der Waals surface area contributed by atoms with Crippen LogP contribution in [0.4, 0.5) is 15.8 Å². The van der Waals surface area contributed by atoms with Crippen molar-refractivity contribution < 1.29 is 14.3 Å². The van der Waals surface area contributed by atoms with Crippen LogP contribution in [0.15, 0.2) is 36.4 Å². The Labute approximate surface area is 114 Å². The van der Waals surface area contributed by atoms with Gasteiger partial charge in [-0.15, -0.1) is 0 Å². The molecule has 0 amide bonds. The van der Waals surface area contributed by atoms with Crippen LogP contribution in [-0.2, 0) is 0 Å². The van der Waals surface area contributed by atoms with Crippen molar-refractivity contribution >= 4 is 28.9 Å². The van der Waals surface area contributed by atoms with Crippen molar-refractivity contribution in [2.75, 3.05) is 5.32 Å². The average Bonchev–Trinajstić information content (AvgIpc) is 2.33. The Morgan fingerprint density at radius 1 is 1.26 bits per heavy atom. The van der Waals surface area contributed by atoms with Crippen molar-refractivity contribution in [2.24, 2.45) is 0 Å². The molecule has 0 heterocycles. The van der Waals surface area contributed by atoms with Crippen molar-refractivity contribution in [3.63, 3.8) is 0 Å². The van der Waals surface area contributed by atoms with Gasteiger partial charge in [0.1, 0.15) is 11.4 Å². The van der Waals surface area contributed by atoms with Crippen LogP contribution in [0, 0.1) is 12.7 Å².